The van der Waals surface area contributed by atoms with Gasteiger partial charge >= 0.3 is 5.97 Å². The van der Waals surface area contributed by atoms with E-state index < -0.39 is 5.97 Å². The highest BCUT2D eigenvalue weighted by molar-refractivity contribution is 5.94. The number of esters is 1. The number of aryl methyl sites for hydroxylation is 1. The van der Waals surface area contributed by atoms with E-state index in [4.69, 9.17) is 4.74 Å². The molecule has 0 saturated heterocycles. The Bertz CT molecular complexity index is 1070. The maximum Gasteiger partial charge on any atom is 0.358 e. The molecule has 3 rings (SSSR count). The van der Waals surface area contributed by atoms with Gasteiger partial charge < -0.3 is 15.0 Å². The summed E-state index contributed by atoms with van der Waals surface area (Å²) in [5, 5.41) is 7.45. The fourth-order valence-corrected chi connectivity index (χ4v) is 3.45. The first kappa shape index (κ1) is 24.2. The molecule has 0 aliphatic rings. The van der Waals surface area contributed by atoms with Crippen LogP contribution in [0.1, 0.15) is 46.7 Å². The molecule has 33 heavy (non-hydrogen) atoms. The molecule has 1 amide bonds. The maximum absolute atomic E-state index is 12.4. The van der Waals surface area contributed by atoms with E-state index in [1.807, 2.05) is 38.4 Å². The number of ether oxygens (including phenoxy) is 1. The number of amides is 1. The Hall–Kier alpha value is -3.45. The van der Waals surface area contributed by atoms with E-state index in [-0.39, 0.29) is 18.2 Å². The third-order valence-electron chi connectivity index (χ3n) is 5.29. The highest BCUT2D eigenvalue weighted by Crippen LogP contribution is 2.25. The van der Waals surface area contributed by atoms with Gasteiger partial charge in [0.25, 0.3) is 5.91 Å². The van der Waals surface area contributed by atoms with Gasteiger partial charge in [-0.3, -0.25) is 4.79 Å². The molecule has 7 nitrogen and oxygen atoms in total. The van der Waals surface area contributed by atoms with E-state index in [0.29, 0.717) is 12.1 Å². The summed E-state index contributed by atoms with van der Waals surface area (Å²) >= 11 is 0. The second-order valence-corrected chi connectivity index (χ2v) is 8.06. The molecule has 0 atom stereocenters. The molecule has 0 aliphatic carbocycles. The van der Waals surface area contributed by atoms with Gasteiger partial charge in [-0.15, -0.1) is 0 Å². The molecule has 0 aliphatic heterocycles. The summed E-state index contributed by atoms with van der Waals surface area (Å²) in [4.78, 5) is 26.9. The van der Waals surface area contributed by atoms with E-state index in [1.165, 1.54) is 5.56 Å². The smallest absolute Gasteiger partial charge is 0.358 e. The maximum atomic E-state index is 12.4. The van der Waals surface area contributed by atoms with Crippen molar-refractivity contribution in [2.24, 2.45) is 0 Å². The number of hydrogen-bond acceptors (Lipinski definition) is 5. The zero-order chi connectivity index (χ0) is 23.8. The lowest BCUT2D eigenvalue weighted by Crippen LogP contribution is -2.27. The Morgan fingerprint density at radius 3 is 2.33 bits per heavy atom. The summed E-state index contributed by atoms with van der Waals surface area (Å²) < 4.78 is 6.86. The molecular weight excluding hydrogens is 416 g/mol. The van der Waals surface area contributed by atoms with Crippen LogP contribution in [0, 0.1) is 0 Å². The summed E-state index contributed by atoms with van der Waals surface area (Å²) in [5.74, 6) is -0.570. The molecule has 174 valence electrons. The lowest BCUT2D eigenvalue weighted by molar-refractivity contribution is 0.0518. The number of nitrogens with zero attached hydrogens (tertiary/aromatic N) is 3. The summed E-state index contributed by atoms with van der Waals surface area (Å²) in [7, 11) is 4.02. The SMILES string of the molecule is CCOC(=O)c1cc(-c2ccc(CC)cc2)n(-c2ccc(C(=O)NCCCN(C)C)cc2)n1. The molecule has 1 aromatic heterocycles. The number of carbonyl (C=O) groups excluding carboxylic acids is 2. The molecule has 2 aromatic carbocycles. The monoisotopic (exact) mass is 448 g/mol. The highest BCUT2D eigenvalue weighted by Gasteiger charge is 2.18. The second kappa shape index (κ2) is 11.4. The molecule has 1 heterocycles. The first-order chi connectivity index (χ1) is 15.9. The third kappa shape index (κ3) is 6.29. The van der Waals surface area contributed by atoms with E-state index in [1.54, 1.807) is 29.8 Å². The van der Waals surface area contributed by atoms with Gasteiger partial charge in [0.05, 0.1) is 18.0 Å². The molecule has 0 saturated carbocycles. The molecule has 1 N–H and O–H groups in total. The molecule has 0 unspecified atom stereocenters. The van der Waals surface area contributed by atoms with Gasteiger partial charge in [-0.25, -0.2) is 9.48 Å². The Morgan fingerprint density at radius 2 is 1.73 bits per heavy atom. The van der Waals surface area contributed by atoms with Gasteiger partial charge in [-0.1, -0.05) is 31.2 Å². The molecule has 0 spiro atoms. The minimum absolute atomic E-state index is 0.108. The number of hydrogen-bond donors (Lipinski definition) is 1. The third-order valence-corrected chi connectivity index (χ3v) is 5.29. The molecule has 0 fully saturated rings. The zero-order valence-corrected chi connectivity index (χ0v) is 19.8. The summed E-state index contributed by atoms with van der Waals surface area (Å²) in [6.45, 7) is 5.70. The van der Waals surface area contributed by atoms with Gasteiger partial charge in [-0.05, 0) is 76.3 Å². The summed E-state index contributed by atoms with van der Waals surface area (Å²) in [5.41, 5.74) is 4.53. The lowest BCUT2D eigenvalue weighted by Gasteiger charge is -2.11. The van der Waals surface area contributed by atoms with Crippen LogP contribution < -0.4 is 5.32 Å². The van der Waals surface area contributed by atoms with Crippen LogP contribution in [0.25, 0.3) is 16.9 Å². The van der Waals surface area contributed by atoms with Gasteiger partial charge in [0, 0.05) is 17.7 Å². The highest BCUT2D eigenvalue weighted by atomic mass is 16.5. The molecular formula is C26H32N4O3. The van der Waals surface area contributed by atoms with Crippen molar-refractivity contribution in [3.05, 3.63) is 71.4 Å². The van der Waals surface area contributed by atoms with Crippen molar-refractivity contribution in [2.45, 2.75) is 26.7 Å². The Balaban J connectivity index is 1.86. The number of aromatic nitrogens is 2. The summed E-state index contributed by atoms with van der Waals surface area (Å²) in [6.07, 6.45) is 1.84. The molecule has 0 bridgehead atoms. The minimum atomic E-state index is -0.462. The van der Waals surface area contributed by atoms with Crippen LogP contribution in [-0.4, -0.2) is 60.3 Å². The van der Waals surface area contributed by atoms with Crippen molar-refractivity contribution >= 4 is 11.9 Å². The standard InChI is InChI=1S/C26H32N4O3/c1-5-19-8-10-20(11-9-19)24-18-23(26(32)33-6-2)28-30(24)22-14-12-21(13-15-22)25(31)27-16-7-17-29(3)4/h8-15,18H,5-7,16-17H2,1-4H3,(H,27,31). The Labute approximate surface area is 195 Å². The van der Waals surface area contributed by atoms with Crippen LogP contribution in [0.3, 0.4) is 0 Å². The quantitative estimate of drug-likeness (QED) is 0.375. The van der Waals surface area contributed by atoms with Crippen LogP contribution in [0.4, 0.5) is 0 Å². The van der Waals surface area contributed by atoms with Crippen LogP contribution in [-0.2, 0) is 11.2 Å². The van der Waals surface area contributed by atoms with Crippen LogP contribution in [0.2, 0.25) is 0 Å². The average molecular weight is 449 g/mol. The van der Waals surface area contributed by atoms with Crippen molar-refractivity contribution in [3.63, 3.8) is 0 Å². The molecule has 7 heteroatoms. The van der Waals surface area contributed by atoms with Gasteiger partial charge in [-0.2, -0.15) is 5.10 Å². The Kier molecular flexibility index (Phi) is 8.38. The Morgan fingerprint density at radius 1 is 1.03 bits per heavy atom. The second-order valence-electron chi connectivity index (χ2n) is 8.06. The predicted molar refractivity (Wildman–Crippen MR) is 130 cm³/mol. The summed E-state index contributed by atoms with van der Waals surface area (Å²) in [6, 6.07) is 17.1. The fourth-order valence-electron chi connectivity index (χ4n) is 3.45. The first-order valence-corrected chi connectivity index (χ1v) is 11.3. The van der Waals surface area contributed by atoms with E-state index in [2.05, 4.69) is 34.4 Å². The van der Waals surface area contributed by atoms with E-state index in [0.717, 1.165) is 36.3 Å². The van der Waals surface area contributed by atoms with Crippen molar-refractivity contribution in [2.75, 3.05) is 33.8 Å². The number of carbonyl (C=O) groups is 2. The van der Waals surface area contributed by atoms with Gasteiger partial charge in [0.15, 0.2) is 5.69 Å². The van der Waals surface area contributed by atoms with Gasteiger partial charge in [0.1, 0.15) is 0 Å². The van der Waals surface area contributed by atoms with Crippen LogP contribution in [0.5, 0.6) is 0 Å². The number of rotatable bonds is 10. The molecule has 0 radical (unpaired) electrons. The fraction of sp³-hybridized carbons (Fsp3) is 0.346. The van der Waals surface area contributed by atoms with E-state index >= 15 is 0 Å². The molecule has 3 aromatic rings. The predicted octanol–water partition coefficient (Wildman–Crippen LogP) is 3.96. The van der Waals surface area contributed by atoms with Crippen LogP contribution in [0.15, 0.2) is 54.6 Å². The van der Waals surface area contributed by atoms with Crippen molar-refractivity contribution in [1.82, 2.24) is 20.0 Å². The van der Waals surface area contributed by atoms with Crippen molar-refractivity contribution in [3.8, 4) is 16.9 Å². The first-order valence-electron chi connectivity index (χ1n) is 11.3. The lowest BCUT2D eigenvalue weighted by atomic mass is 10.1. The van der Waals surface area contributed by atoms with Crippen molar-refractivity contribution in [1.29, 1.82) is 0 Å². The number of benzene rings is 2. The zero-order valence-electron chi connectivity index (χ0n) is 19.8. The topological polar surface area (TPSA) is 76.5 Å². The van der Waals surface area contributed by atoms with Gasteiger partial charge in [0.2, 0.25) is 0 Å². The minimum Gasteiger partial charge on any atom is -0.461 e. The average Bonchev–Trinajstić information content (AvgIpc) is 3.27. The normalized spacial score (nSPS) is 10.9. The van der Waals surface area contributed by atoms with Crippen LogP contribution >= 0.6 is 0 Å². The van der Waals surface area contributed by atoms with Crippen molar-refractivity contribution < 1.29 is 14.3 Å². The number of nitrogens with one attached hydrogen (secondary N) is 1. The largest absolute Gasteiger partial charge is 0.461 e. The van der Waals surface area contributed by atoms with E-state index in [9.17, 15) is 9.59 Å².